The topological polar surface area (TPSA) is 6.48 Å². The molecule has 0 bridgehead atoms. The number of hydrogen-bond acceptors (Lipinski definition) is 2. The summed E-state index contributed by atoms with van der Waals surface area (Å²) < 4.78 is 0. The van der Waals surface area contributed by atoms with E-state index in [0.29, 0.717) is 5.54 Å². The number of hydrogen-bond donors (Lipinski definition) is 0. The van der Waals surface area contributed by atoms with E-state index in [4.69, 9.17) is 0 Å². The van der Waals surface area contributed by atoms with Crippen molar-refractivity contribution in [3.8, 4) is 0 Å². The second kappa shape index (κ2) is 5.31. The summed E-state index contributed by atoms with van der Waals surface area (Å²) in [5, 5.41) is 0. The zero-order chi connectivity index (χ0) is 11.5. The van der Waals surface area contributed by atoms with Gasteiger partial charge in [0.25, 0.3) is 0 Å². The van der Waals surface area contributed by atoms with Gasteiger partial charge in [-0.15, -0.1) is 0 Å². The van der Waals surface area contributed by atoms with Gasteiger partial charge in [0.15, 0.2) is 0 Å². The van der Waals surface area contributed by atoms with Crippen molar-refractivity contribution in [2.24, 2.45) is 5.92 Å². The van der Waals surface area contributed by atoms with Crippen LogP contribution in [-0.2, 0) is 0 Å². The van der Waals surface area contributed by atoms with Gasteiger partial charge >= 0.3 is 0 Å². The Balaban J connectivity index is 2.40. The van der Waals surface area contributed by atoms with E-state index in [1.54, 1.807) is 0 Å². The van der Waals surface area contributed by atoms with E-state index < -0.39 is 0 Å². The molecule has 0 aliphatic carbocycles. The van der Waals surface area contributed by atoms with E-state index in [1.807, 2.05) is 0 Å². The lowest BCUT2D eigenvalue weighted by atomic mass is 9.94. The van der Waals surface area contributed by atoms with Gasteiger partial charge in [-0.3, -0.25) is 0 Å². The lowest BCUT2D eigenvalue weighted by molar-refractivity contribution is 0.0972. The highest BCUT2D eigenvalue weighted by Gasteiger charge is 2.25. The SMILES string of the molecule is CCC(C)(C)N(C)CC1CCCN(C)C1. The second-order valence-corrected chi connectivity index (χ2v) is 5.82. The molecule has 0 N–H and O–H groups in total. The molecule has 1 rings (SSSR count). The summed E-state index contributed by atoms with van der Waals surface area (Å²) in [5.74, 6) is 0.875. The molecular weight excluding hydrogens is 184 g/mol. The zero-order valence-corrected chi connectivity index (χ0v) is 11.2. The van der Waals surface area contributed by atoms with Crippen molar-refractivity contribution in [1.29, 1.82) is 0 Å². The van der Waals surface area contributed by atoms with E-state index in [-0.39, 0.29) is 0 Å². The van der Waals surface area contributed by atoms with Gasteiger partial charge < -0.3 is 9.80 Å². The summed E-state index contributed by atoms with van der Waals surface area (Å²) in [7, 11) is 4.52. The van der Waals surface area contributed by atoms with Gasteiger partial charge in [-0.2, -0.15) is 0 Å². The fourth-order valence-electron chi connectivity index (χ4n) is 2.33. The highest BCUT2D eigenvalue weighted by Crippen LogP contribution is 2.22. The van der Waals surface area contributed by atoms with Crippen molar-refractivity contribution in [3.63, 3.8) is 0 Å². The van der Waals surface area contributed by atoms with Gasteiger partial charge in [-0.05, 0) is 59.7 Å². The monoisotopic (exact) mass is 212 g/mol. The zero-order valence-electron chi connectivity index (χ0n) is 11.2. The normalized spacial score (nSPS) is 24.8. The molecule has 0 aromatic heterocycles. The van der Waals surface area contributed by atoms with Crippen molar-refractivity contribution in [2.45, 2.75) is 45.6 Å². The number of rotatable bonds is 4. The first-order valence-electron chi connectivity index (χ1n) is 6.35. The van der Waals surface area contributed by atoms with Crippen molar-refractivity contribution in [1.82, 2.24) is 9.80 Å². The van der Waals surface area contributed by atoms with Crippen LogP contribution in [0.15, 0.2) is 0 Å². The molecule has 1 unspecified atom stereocenters. The molecule has 1 aliphatic heterocycles. The smallest absolute Gasteiger partial charge is 0.0147 e. The predicted molar refractivity (Wildman–Crippen MR) is 67.2 cm³/mol. The Morgan fingerprint density at radius 1 is 1.40 bits per heavy atom. The summed E-state index contributed by atoms with van der Waals surface area (Å²) in [4.78, 5) is 5.01. The maximum atomic E-state index is 2.54. The summed E-state index contributed by atoms with van der Waals surface area (Å²) in [6, 6.07) is 0. The van der Waals surface area contributed by atoms with Crippen LogP contribution in [0.3, 0.4) is 0 Å². The van der Waals surface area contributed by atoms with E-state index >= 15 is 0 Å². The van der Waals surface area contributed by atoms with Gasteiger partial charge in [-0.25, -0.2) is 0 Å². The van der Waals surface area contributed by atoms with Crippen molar-refractivity contribution >= 4 is 0 Å². The lowest BCUT2D eigenvalue weighted by Gasteiger charge is -2.39. The van der Waals surface area contributed by atoms with Crippen LogP contribution in [0.2, 0.25) is 0 Å². The molecule has 2 heteroatoms. The maximum absolute atomic E-state index is 2.54. The highest BCUT2D eigenvalue weighted by molar-refractivity contribution is 4.81. The third kappa shape index (κ3) is 3.76. The quantitative estimate of drug-likeness (QED) is 0.706. The lowest BCUT2D eigenvalue weighted by Crippen LogP contribution is -2.46. The molecule has 1 atom stereocenters. The first-order valence-corrected chi connectivity index (χ1v) is 6.35. The molecule has 2 nitrogen and oxygen atoms in total. The van der Waals surface area contributed by atoms with Gasteiger partial charge in [0, 0.05) is 18.6 Å². The Labute approximate surface area is 95.6 Å². The van der Waals surface area contributed by atoms with E-state index in [9.17, 15) is 0 Å². The standard InChI is InChI=1S/C13H28N2/c1-6-13(2,3)15(5)11-12-8-7-9-14(4)10-12/h12H,6-11H2,1-5H3. The Morgan fingerprint density at radius 2 is 2.07 bits per heavy atom. The molecule has 15 heavy (non-hydrogen) atoms. The first-order chi connectivity index (χ1) is 6.95. The van der Waals surface area contributed by atoms with Gasteiger partial charge in [0.2, 0.25) is 0 Å². The Morgan fingerprint density at radius 3 is 2.60 bits per heavy atom. The molecule has 90 valence electrons. The molecule has 0 amide bonds. The molecule has 0 radical (unpaired) electrons. The Hall–Kier alpha value is -0.0800. The molecule has 1 aliphatic rings. The third-order valence-electron chi connectivity index (χ3n) is 4.15. The Kier molecular flexibility index (Phi) is 4.60. The second-order valence-electron chi connectivity index (χ2n) is 5.82. The molecule has 0 saturated carbocycles. The minimum atomic E-state index is 0.357. The van der Waals surface area contributed by atoms with Crippen LogP contribution in [0.4, 0.5) is 0 Å². The van der Waals surface area contributed by atoms with E-state index in [0.717, 1.165) is 5.92 Å². The van der Waals surface area contributed by atoms with Gasteiger partial charge in [0.1, 0.15) is 0 Å². The minimum absolute atomic E-state index is 0.357. The molecule has 1 saturated heterocycles. The summed E-state index contributed by atoms with van der Waals surface area (Å²) in [6.45, 7) is 10.8. The molecule has 1 fully saturated rings. The number of piperidine rings is 1. The van der Waals surface area contributed by atoms with Gasteiger partial charge in [-0.1, -0.05) is 6.92 Å². The average Bonchev–Trinajstić information content (AvgIpc) is 2.17. The summed E-state index contributed by atoms with van der Waals surface area (Å²) >= 11 is 0. The van der Waals surface area contributed by atoms with Crippen LogP contribution in [0.25, 0.3) is 0 Å². The molecule has 0 aromatic rings. The van der Waals surface area contributed by atoms with Crippen LogP contribution >= 0.6 is 0 Å². The first kappa shape index (κ1) is 13.0. The predicted octanol–water partition coefficient (Wildman–Crippen LogP) is 2.45. The number of likely N-dealkylation sites (tertiary alicyclic amines) is 1. The molecule has 1 heterocycles. The summed E-state index contributed by atoms with van der Waals surface area (Å²) in [6.07, 6.45) is 4.02. The molecule has 0 aromatic carbocycles. The average molecular weight is 212 g/mol. The number of nitrogens with zero attached hydrogens (tertiary/aromatic N) is 2. The third-order valence-corrected chi connectivity index (χ3v) is 4.15. The van der Waals surface area contributed by atoms with Crippen molar-refractivity contribution < 1.29 is 0 Å². The molecular formula is C13H28N2. The summed E-state index contributed by atoms with van der Waals surface area (Å²) in [5.41, 5.74) is 0.357. The fraction of sp³-hybridized carbons (Fsp3) is 1.00. The Bertz CT molecular complexity index is 189. The minimum Gasteiger partial charge on any atom is -0.306 e. The van der Waals surface area contributed by atoms with Crippen LogP contribution < -0.4 is 0 Å². The van der Waals surface area contributed by atoms with E-state index in [1.165, 1.54) is 38.9 Å². The van der Waals surface area contributed by atoms with Crippen LogP contribution in [0, 0.1) is 5.92 Å². The van der Waals surface area contributed by atoms with Crippen LogP contribution in [-0.4, -0.2) is 49.1 Å². The van der Waals surface area contributed by atoms with Crippen LogP contribution in [0.1, 0.15) is 40.0 Å². The van der Waals surface area contributed by atoms with Crippen molar-refractivity contribution in [2.75, 3.05) is 33.7 Å². The fourth-order valence-corrected chi connectivity index (χ4v) is 2.33. The van der Waals surface area contributed by atoms with Crippen molar-refractivity contribution in [3.05, 3.63) is 0 Å². The maximum Gasteiger partial charge on any atom is 0.0147 e. The van der Waals surface area contributed by atoms with Gasteiger partial charge in [0.05, 0.1) is 0 Å². The van der Waals surface area contributed by atoms with E-state index in [2.05, 4.69) is 44.7 Å². The largest absolute Gasteiger partial charge is 0.306 e. The van der Waals surface area contributed by atoms with Crippen LogP contribution in [0.5, 0.6) is 0 Å². The molecule has 0 spiro atoms. The highest BCUT2D eigenvalue weighted by atomic mass is 15.2.